The summed E-state index contributed by atoms with van der Waals surface area (Å²) in [7, 11) is 2.07. The molecule has 2 amide bonds. The van der Waals surface area contributed by atoms with Crippen molar-refractivity contribution >= 4 is 17.5 Å². The molecule has 166 valence electrons. The minimum absolute atomic E-state index is 0.00588. The number of ether oxygens (including phenoxy) is 1. The normalized spacial score (nSPS) is 17.0. The van der Waals surface area contributed by atoms with Crippen molar-refractivity contribution in [1.29, 1.82) is 0 Å². The second-order valence-electron chi connectivity index (χ2n) is 8.58. The topological polar surface area (TPSA) is 70.7 Å². The molecule has 0 spiro atoms. The Morgan fingerprint density at radius 1 is 1.13 bits per heavy atom. The molecular weight excluding hydrogens is 390 g/mol. The zero-order valence-electron chi connectivity index (χ0n) is 18.6. The molecular formula is C25H33N3O3. The van der Waals surface area contributed by atoms with Crippen molar-refractivity contribution < 1.29 is 14.3 Å². The highest BCUT2D eigenvalue weighted by Crippen LogP contribution is 2.17. The van der Waals surface area contributed by atoms with E-state index in [-0.39, 0.29) is 23.8 Å². The molecule has 2 aromatic carbocycles. The fourth-order valence-electron chi connectivity index (χ4n) is 3.72. The Balaban J connectivity index is 1.59. The van der Waals surface area contributed by atoms with Crippen LogP contribution in [0.25, 0.3) is 0 Å². The molecule has 1 saturated heterocycles. The SMILES string of the molecule is CC(C)[C@H](CN(C)Cc1ccccc1)NC(=O)c1cccc(NC(=O)[C@H]2CCCO2)c1. The maximum absolute atomic E-state index is 12.9. The van der Waals surface area contributed by atoms with E-state index < -0.39 is 6.10 Å². The van der Waals surface area contributed by atoms with E-state index in [2.05, 4.69) is 48.6 Å². The second-order valence-corrected chi connectivity index (χ2v) is 8.58. The Morgan fingerprint density at radius 3 is 2.58 bits per heavy atom. The van der Waals surface area contributed by atoms with Crippen molar-refractivity contribution in [2.75, 3.05) is 25.5 Å². The minimum atomic E-state index is -0.400. The van der Waals surface area contributed by atoms with Crippen molar-refractivity contribution in [2.45, 2.75) is 45.4 Å². The van der Waals surface area contributed by atoms with Crippen LogP contribution in [0.3, 0.4) is 0 Å². The Morgan fingerprint density at radius 2 is 1.90 bits per heavy atom. The van der Waals surface area contributed by atoms with Gasteiger partial charge in [0.2, 0.25) is 0 Å². The molecule has 1 heterocycles. The minimum Gasteiger partial charge on any atom is -0.368 e. The van der Waals surface area contributed by atoms with E-state index in [1.807, 2.05) is 18.2 Å². The first-order valence-corrected chi connectivity index (χ1v) is 11.0. The molecule has 0 saturated carbocycles. The highest BCUT2D eigenvalue weighted by atomic mass is 16.5. The monoisotopic (exact) mass is 423 g/mol. The van der Waals surface area contributed by atoms with Gasteiger partial charge in [-0.1, -0.05) is 50.2 Å². The number of nitrogens with one attached hydrogen (secondary N) is 2. The van der Waals surface area contributed by atoms with Crippen LogP contribution in [0.2, 0.25) is 0 Å². The van der Waals surface area contributed by atoms with Crippen LogP contribution >= 0.6 is 0 Å². The number of hydrogen-bond acceptors (Lipinski definition) is 4. The third-order valence-electron chi connectivity index (χ3n) is 5.54. The molecule has 0 unspecified atom stereocenters. The number of carbonyl (C=O) groups is 2. The van der Waals surface area contributed by atoms with Crippen molar-refractivity contribution in [1.82, 2.24) is 10.2 Å². The molecule has 0 aromatic heterocycles. The highest BCUT2D eigenvalue weighted by molar-refractivity contribution is 5.98. The van der Waals surface area contributed by atoms with Crippen LogP contribution in [-0.2, 0) is 16.1 Å². The van der Waals surface area contributed by atoms with E-state index in [4.69, 9.17) is 4.74 Å². The average molecular weight is 424 g/mol. The Kier molecular flexibility index (Phi) is 8.20. The van der Waals surface area contributed by atoms with Crippen molar-refractivity contribution in [3.63, 3.8) is 0 Å². The summed E-state index contributed by atoms with van der Waals surface area (Å²) in [5, 5.41) is 6.03. The molecule has 3 rings (SSSR count). The summed E-state index contributed by atoms with van der Waals surface area (Å²) in [6.07, 6.45) is 1.23. The van der Waals surface area contributed by atoms with E-state index in [0.29, 0.717) is 17.9 Å². The van der Waals surface area contributed by atoms with E-state index in [0.717, 1.165) is 25.9 Å². The van der Waals surface area contributed by atoms with Gasteiger partial charge in [0.15, 0.2) is 0 Å². The summed E-state index contributed by atoms with van der Waals surface area (Å²) < 4.78 is 5.43. The molecule has 31 heavy (non-hydrogen) atoms. The fourth-order valence-corrected chi connectivity index (χ4v) is 3.72. The number of carbonyl (C=O) groups excluding carboxylic acids is 2. The largest absolute Gasteiger partial charge is 0.368 e. The summed E-state index contributed by atoms with van der Waals surface area (Å²) in [5.74, 6) is -0.0118. The molecule has 2 N–H and O–H groups in total. The van der Waals surface area contributed by atoms with E-state index in [1.165, 1.54) is 5.56 Å². The van der Waals surface area contributed by atoms with Gasteiger partial charge in [0.25, 0.3) is 11.8 Å². The summed E-state index contributed by atoms with van der Waals surface area (Å²) in [5.41, 5.74) is 2.38. The summed E-state index contributed by atoms with van der Waals surface area (Å²) in [4.78, 5) is 27.4. The molecule has 0 aliphatic carbocycles. The maximum Gasteiger partial charge on any atom is 0.253 e. The lowest BCUT2D eigenvalue weighted by Crippen LogP contribution is -2.45. The van der Waals surface area contributed by atoms with Gasteiger partial charge in [0.05, 0.1) is 0 Å². The van der Waals surface area contributed by atoms with Gasteiger partial charge in [-0.3, -0.25) is 9.59 Å². The molecule has 6 nitrogen and oxygen atoms in total. The quantitative estimate of drug-likeness (QED) is 0.645. The van der Waals surface area contributed by atoms with Gasteiger partial charge in [-0.15, -0.1) is 0 Å². The number of likely N-dealkylation sites (N-methyl/N-ethyl adjacent to an activating group) is 1. The van der Waals surface area contributed by atoms with Crippen LogP contribution in [-0.4, -0.2) is 49.1 Å². The van der Waals surface area contributed by atoms with Gasteiger partial charge in [0, 0.05) is 37.0 Å². The van der Waals surface area contributed by atoms with Crippen LogP contribution < -0.4 is 10.6 Å². The predicted molar refractivity (Wildman–Crippen MR) is 123 cm³/mol. The average Bonchev–Trinajstić information content (AvgIpc) is 3.29. The van der Waals surface area contributed by atoms with E-state index >= 15 is 0 Å². The number of anilines is 1. The number of nitrogens with zero attached hydrogens (tertiary/aromatic N) is 1. The first kappa shape index (κ1) is 23.0. The smallest absolute Gasteiger partial charge is 0.253 e. The molecule has 0 bridgehead atoms. The lowest BCUT2D eigenvalue weighted by molar-refractivity contribution is -0.124. The molecule has 2 aromatic rings. The standard InChI is InChI=1S/C25H33N3O3/c1-18(2)22(17-28(3)16-19-9-5-4-6-10-19)27-24(29)20-11-7-12-21(15-20)26-25(30)23-13-8-14-31-23/h4-7,9-12,15,18,22-23H,8,13-14,16-17H2,1-3H3,(H,26,30)(H,27,29)/t22-,23+/m0/s1. The number of rotatable bonds is 9. The number of benzene rings is 2. The Labute approximate surface area is 185 Å². The molecule has 1 aliphatic rings. The Bertz CT molecular complexity index is 863. The molecule has 1 fully saturated rings. The van der Waals surface area contributed by atoms with Crippen molar-refractivity contribution in [3.05, 3.63) is 65.7 Å². The summed E-state index contributed by atoms with van der Waals surface area (Å²) in [6, 6.07) is 17.4. The molecule has 6 heteroatoms. The summed E-state index contributed by atoms with van der Waals surface area (Å²) >= 11 is 0. The maximum atomic E-state index is 12.9. The van der Waals surface area contributed by atoms with Gasteiger partial charge in [0.1, 0.15) is 6.10 Å². The van der Waals surface area contributed by atoms with Crippen LogP contribution in [0.5, 0.6) is 0 Å². The van der Waals surface area contributed by atoms with Crippen LogP contribution in [0.1, 0.15) is 42.6 Å². The molecule has 2 atom stereocenters. The van der Waals surface area contributed by atoms with Gasteiger partial charge < -0.3 is 20.3 Å². The van der Waals surface area contributed by atoms with Gasteiger partial charge >= 0.3 is 0 Å². The third kappa shape index (κ3) is 6.91. The van der Waals surface area contributed by atoms with Crippen LogP contribution in [0.15, 0.2) is 54.6 Å². The highest BCUT2D eigenvalue weighted by Gasteiger charge is 2.24. The number of amides is 2. The Hall–Kier alpha value is -2.70. The van der Waals surface area contributed by atoms with Crippen molar-refractivity contribution in [3.8, 4) is 0 Å². The zero-order valence-corrected chi connectivity index (χ0v) is 18.6. The molecule has 0 radical (unpaired) electrons. The first-order chi connectivity index (χ1) is 14.9. The van der Waals surface area contributed by atoms with Gasteiger partial charge in [-0.25, -0.2) is 0 Å². The van der Waals surface area contributed by atoms with Gasteiger partial charge in [-0.05, 0) is 49.6 Å². The van der Waals surface area contributed by atoms with Crippen LogP contribution in [0.4, 0.5) is 5.69 Å². The lowest BCUT2D eigenvalue weighted by atomic mass is 10.0. The molecule has 1 aliphatic heterocycles. The number of hydrogen-bond donors (Lipinski definition) is 2. The first-order valence-electron chi connectivity index (χ1n) is 11.0. The fraction of sp³-hybridized carbons (Fsp3) is 0.440. The summed E-state index contributed by atoms with van der Waals surface area (Å²) in [6.45, 7) is 6.41. The predicted octanol–water partition coefficient (Wildman–Crippen LogP) is 3.69. The van der Waals surface area contributed by atoms with E-state index in [9.17, 15) is 9.59 Å². The lowest BCUT2D eigenvalue weighted by Gasteiger charge is -2.28. The third-order valence-corrected chi connectivity index (χ3v) is 5.54. The van der Waals surface area contributed by atoms with Crippen LogP contribution in [0, 0.1) is 5.92 Å². The second kappa shape index (κ2) is 11.1. The van der Waals surface area contributed by atoms with E-state index in [1.54, 1.807) is 24.3 Å². The zero-order chi connectivity index (χ0) is 22.2. The van der Waals surface area contributed by atoms with Crippen molar-refractivity contribution in [2.24, 2.45) is 5.92 Å². The van der Waals surface area contributed by atoms with Gasteiger partial charge in [-0.2, -0.15) is 0 Å².